The lowest BCUT2D eigenvalue weighted by Crippen LogP contribution is -2.34. The molecule has 4 rings (SSSR count). The predicted octanol–water partition coefficient (Wildman–Crippen LogP) is 3.65. The summed E-state index contributed by atoms with van der Waals surface area (Å²) >= 11 is 0. The highest BCUT2D eigenvalue weighted by Crippen LogP contribution is 2.38. The fourth-order valence-corrected chi connectivity index (χ4v) is 6.05. The number of likely N-dealkylation sites (N-methyl/N-ethyl adjacent to an activating group) is 1. The number of likely N-dealkylation sites (tertiary alicyclic amines) is 1. The Bertz CT molecular complexity index is 1000. The molecular formula is C22H29N5O2S. The molecule has 160 valence electrons. The van der Waals surface area contributed by atoms with Crippen LogP contribution in [0.25, 0.3) is 0 Å². The molecule has 1 aromatic rings. The summed E-state index contributed by atoms with van der Waals surface area (Å²) in [6, 6.07) is 1.89. The van der Waals surface area contributed by atoms with Crippen LogP contribution < -0.4 is 10.0 Å². The molecule has 2 aliphatic carbocycles. The first-order valence-corrected chi connectivity index (χ1v) is 12.4. The number of carbonyl (C=O) groups is 1. The maximum Gasteiger partial charge on any atom is 0.331 e. The van der Waals surface area contributed by atoms with Crippen molar-refractivity contribution in [3.8, 4) is 6.19 Å². The van der Waals surface area contributed by atoms with Crippen LogP contribution in [0.2, 0.25) is 0 Å². The highest BCUT2D eigenvalue weighted by Gasteiger charge is 2.26. The highest BCUT2D eigenvalue weighted by molar-refractivity contribution is 7.95. The highest BCUT2D eigenvalue weighted by atomic mass is 32.2. The minimum Gasteiger partial charge on any atom is -0.307 e. The van der Waals surface area contributed by atoms with Crippen LogP contribution >= 0.6 is 0 Å². The van der Waals surface area contributed by atoms with E-state index in [9.17, 15) is 9.00 Å². The van der Waals surface area contributed by atoms with E-state index in [0.29, 0.717) is 0 Å². The average Bonchev–Trinajstić information content (AvgIpc) is 3.46. The second kappa shape index (κ2) is 8.78. The summed E-state index contributed by atoms with van der Waals surface area (Å²) in [5.74, 6) is 0. The van der Waals surface area contributed by atoms with Gasteiger partial charge in [0.05, 0.1) is 0 Å². The van der Waals surface area contributed by atoms with Gasteiger partial charge in [-0.1, -0.05) is 23.4 Å². The van der Waals surface area contributed by atoms with Gasteiger partial charge in [-0.2, -0.15) is 5.26 Å². The van der Waals surface area contributed by atoms with Crippen LogP contribution in [0.4, 0.5) is 10.5 Å². The van der Waals surface area contributed by atoms with E-state index in [2.05, 4.69) is 32.3 Å². The summed E-state index contributed by atoms with van der Waals surface area (Å²) in [7, 11) is -3.31. The Labute approximate surface area is 178 Å². The van der Waals surface area contributed by atoms with Crippen molar-refractivity contribution in [2.45, 2.75) is 64.3 Å². The maximum atomic E-state index is 13.1. The molecule has 1 fully saturated rings. The van der Waals surface area contributed by atoms with E-state index in [1.807, 2.05) is 6.08 Å². The number of fused-ring (bicyclic) bond motifs is 2. The van der Waals surface area contributed by atoms with Gasteiger partial charge >= 0.3 is 6.03 Å². The first kappa shape index (κ1) is 20.9. The van der Waals surface area contributed by atoms with Crippen molar-refractivity contribution >= 4 is 21.6 Å². The van der Waals surface area contributed by atoms with Gasteiger partial charge in [0.25, 0.3) is 0 Å². The van der Waals surface area contributed by atoms with E-state index in [-0.39, 0.29) is 6.04 Å². The summed E-state index contributed by atoms with van der Waals surface area (Å²) in [6.07, 6.45) is 11.6. The van der Waals surface area contributed by atoms with Gasteiger partial charge in [-0.3, -0.25) is 4.90 Å². The third-order valence-electron chi connectivity index (χ3n) is 6.43. The molecule has 0 saturated carbocycles. The van der Waals surface area contributed by atoms with E-state index in [1.54, 1.807) is 6.19 Å². The fraction of sp³-hybridized carbons (Fsp3) is 0.545. The Morgan fingerprint density at radius 1 is 1.27 bits per heavy atom. The maximum absolute atomic E-state index is 13.1. The molecule has 1 unspecified atom stereocenters. The lowest BCUT2D eigenvalue weighted by molar-refractivity contribution is 0.257. The molecule has 2 atom stereocenters. The van der Waals surface area contributed by atoms with Gasteiger partial charge in [-0.05, 0) is 86.7 Å². The second-order valence-corrected chi connectivity index (χ2v) is 10.0. The molecule has 7 nitrogen and oxygen atoms in total. The number of anilines is 1. The minimum absolute atomic E-state index is 0.162. The van der Waals surface area contributed by atoms with Crippen LogP contribution in [0.1, 0.15) is 54.9 Å². The number of aryl methyl sites for hydroxylation is 2. The van der Waals surface area contributed by atoms with Crippen molar-refractivity contribution < 1.29 is 9.00 Å². The van der Waals surface area contributed by atoms with Gasteiger partial charge in [0.1, 0.15) is 0 Å². The second-order valence-electron chi connectivity index (χ2n) is 8.22. The van der Waals surface area contributed by atoms with Crippen LogP contribution in [0.5, 0.6) is 0 Å². The largest absolute Gasteiger partial charge is 0.331 e. The predicted molar refractivity (Wildman–Crippen MR) is 118 cm³/mol. The Kier molecular flexibility index (Phi) is 6.11. The Morgan fingerprint density at radius 3 is 2.60 bits per heavy atom. The number of nitrogens with one attached hydrogen (secondary N) is 2. The van der Waals surface area contributed by atoms with Crippen molar-refractivity contribution in [3.63, 3.8) is 0 Å². The summed E-state index contributed by atoms with van der Waals surface area (Å²) in [5.41, 5.74) is 5.92. The van der Waals surface area contributed by atoms with Gasteiger partial charge in [-0.15, -0.1) is 0 Å². The molecule has 0 spiro atoms. The van der Waals surface area contributed by atoms with E-state index in [1.165, 1.54) is 27.7 Å². The lowest BCUT2D eigenvalue weighted by atomic mass is 9.99. The average molecular weight is 428 g/mol. The normalized spacial score (nSPS) is 22.3. The first-order chi connectivity index (χ1) is 14.5. The number of benzene rings is 1. The van der Waals surface area contributed by atoms with Crippen molar-refractivity contribution in [2.75, 3.05) is 18.4 Å². The first-order valence-electron chi connectivity index (χ1n) is 10.9. The van der Waals surface area contributed by atoms with Crippen LogP contribution in [0, 0.1) is 11.5 Å². The van der Waals surface area contributed by atoms with Crippen molar-refractivity contribution in [3.05, 3.63) is 39.8 Å². The van der Waals surface area contributed by atoms with Crippen LogP contribution in [0.3, 0.4) is 0 Å². The number of hydrogen-bond donors (Lipinski definition) is 2. The summed E-state index contributed by atoms with van der Waals surface area (Å²) in [4.78, 5) is 15.1. The number of amides is 2. The zero-order valence-corrected chi connectivity index (χ0v) is 18.3. The van der Waals surface area contributed by atoms with Crippen molar-refractivity contribution in [2.24, 2.45) is 4.36 Å². The smallest absolute Gasteiger partial charge is 0.307 e. The van der Waals surface area contributed by atoms with Gasteiger partial charge in [0, 0.05) is 17.1 Å². The van der Waals surface area contributed by atoms with Crippen LogP contribution in [0.15, 0.2) is 21.9 Å². The molecule has 30 heavy (non-hydrogen) atoms. The third-order valence-corrected chi connectivity index (χ3v) is 7.79. The number of hydrogen-bond acceptors (Lipinski definition) is 5. The van der Waals surface area contributed by atoms with Crippen LogP contribution in [-0.2, 0) is 35.6 Å². The molecule has 2 amide bonds. The van der Waals surface area contributed by atoms with E-state index >= 15 is 0 Å². The molecule has 0 aromatic heterocycles. The number of nitrogens with zero attached hydrogens (tertiary/aromatic N) is 3. The molecule has 2 N–H and O–H groups in total. The van der Waals surface area contributed by atoms with Gasteiger partial charge < -0.3 is 5.32 Å². The zero-order valence-electron chi connectivity index (χ0n) is 17.4. The van der Waals surface area contributed by atoms with Gasteiger partial charge in [0.2, 0.25) is 6.19 Å². The molecule has 1 heterocycles. The molecule has 0 bridgehead atoms. The molecule has 8 heteroatoms. The Morgan fingerprint density at radius 2 is 1.97 bits per heavy atom. The Hall–Kier alpha value is -2.37. The standard InChI is InChI=1S/C22H29N5O2S/c1-2-27-12-5-8-18(27)11-13-30(29,24-15-23)26-22(28)25-21-19-9-3-6-16(19)14-17-7-4-10-20(17)21/h11,13-14,18H,2-10,12H2,1H3,(H2,24,25,26,28,29)/b13-11+/t18-,30?/m1/s1. The Balaban J connectivity index is 1.54. The number of urea groups is 1. The van der Waals surface area contributed by atoms with Crippen molar-refractivity contribution in [1.82, 2.24) is 9.62 Å². The SMILES string of the molecule is CCN1CCC[C@@H]1/C=C/S(=O)(=NC#N)NC(=O)Nc1c2c(cc3c1CCC3)CCC2. The topological polar surface area (TPSA) is 97.6 Å². The van der Waals surface area contributed by atoms with E-state index in [4.69, 9.17) is 5.26 Å². The monoisotopic (exact) mass is 427 g/mol. The summed E-state index contributed by atoms with van der Waals surface area (Å²) in [6.45, 7) is 4.00. The molecule has 1 saturated heterocycles. The summed E-state index contributed by atoms with van der Waals surface area (Å²) < 4.78 is 19.2. The van der Waals surface area contributed by atoms with Crippen LogP contribution in [-0.4, -0.2) is 34.3 Å². The summed E-state index contributed by atoms with van der Waals surface area (Å²) in [5, 5.41) is 13.4. The zero-order chi connectivity index (χ0) is 21.1. The minimum atomic E-state index is -3.31. The fourth-order valence-electron chi connectivity index (χ4n) is 5.05. The lowest BCUT2D eigenvalue weighted by Gasteiger charge is -2.19. The van der Waals surface area contributed by atoms with E-state index in [0.717, 1.165) is 70.1 Å². The van der Waals surface area contributed by atoms with Gasteiger partial charge in [0.15, 0.2) is 9.92 Å². The molecule has 0 radical (unpaired) electrons. The quantitative estimate of drug-likeness (QED) is 0.701. The number of carbonyl (C=O) groups excluding carboxylic acids is 1. The van der Waals surface area contributed by atoms with Gasteiger partial charge in [-0.25, -0.2) is 13.7 Å². The molecule has 1 aliphatic heterocycles. The number of rotatable bonds is 5. The molecular weight excluding hydrogens is 398 g/mol. The molecule has 3 aliphatic rings. The van der Waals surface area contributed by atoms with Crippen molar-refractivity contribution in [1.29, 1.82) is 5.26 Å². The number of nitriles is 1. The van der Waals surface area contributed by atoms with E-state index < -0.39 is 15.9 Å². The molecule has 1 aromatic carbocycles. The third kappa shape index (κ3) is 4.23.